The number of aryl methyl sites for hydroxylation is 2. The van der Waals surface area contributed by atoms with Gasteiger partial charge < -0.3 is 14.5 Å². The van der Waals surface area contributed by atoms with E-state index in [1.807, 2.05) is 12.1 Å². The first-order chi connectivity index (χ1) is 17.7. The van der Waals surface area contributed by atoms with E-state index in [1.165, 1.54) is 11.1 Å². The summed E-state index contributed by atoms with van der Waals surface area (Å²) >= 11 is 0. The summed E-state index contributed by atoms with van der Waals surface area (Å²) in [5.74, 6) is 0.798. The fraction of sp³-hybridized carbons (Fsp3) is 0.0909. The first-order valence-electron chi connectivity index (χ1n) is 12.2. The number of rotatable bonds is 7. The van der Waals surface area contributed by atoms with Gasteiger partial charge in [0, 0.05) is 34.9 Å². The molecule has 0 unspecified atom stereocenters. The first-order valence-corrected chi connectivity index (χ1v) is 12.2. The van der Waals surface area contributed by atoms with Gasteiger partial charge in [-0.1, -0.05) is 72.8 Å². The van der Waals surface area contributed by atoms with E-state index < -0.39 is 0 Å². The van der Waals surface area contributed by atoms with Crippen LogP contribution in [0.4, 0.5) is 34.1 Å². The molecule has 5 aromatic rings. The van der Waals surface area contributed by atoms with Crippen LogP contribution in [0.2, 0.25) is 0 Å². The zero-order valence-electron chi connectivity index (χ0n) is 20.9. The lowest BCUT2D eigenvalue weighted by Gasteiger charge is -2.31. The molecule has 178 valence electrons. The largest absolute Gasteiger partial charge is 0.497 e. The molecule has 0 aliphatic rings. The fourth-order valence-electron chi connectivity index (χ4n) is 4.58. The standard InChI is InChI=1S/C33H30N2O/c1-25-14-10-12-20-32(25)35(33-21-13-11-15-26(33)2)30-22-29(23-31(24-30)36-3)34(27-16-6-4-7-17-27)28-18-8-5-9-19-28/h4-24H,1-3H3. The van der Waals surface area contributed by atoms with Crippen molar-refractivity contribution in [3.05, 3.63) is 139 Å². The number of para-hydroxylation sites is 4. The van der Waals surface area contributed by atoms with Crippen LogP contribution in [0, 0.1) is 13.8 Å². The van der Waals surface area contributed by atoms with Crippen molar-refractivity contribution in [3.8, 4) is 5.75 Å². The molecule has 0 aliphatic carbocycles. The highest BCUT2D eigenvalue weighted by Crippen LogP contribution is 2.43. The van der Waals surface area contributed by atoms with Crippen LogP contribution in [-0.2, 0) is 0 Å². The highest BCUT2D eigenvalue weighted by molar-refractivity contribution is 5.85. The number of nitrogens with zero attached hydrogens (tertiary/aromatic N) is 2. The Morgan fingerprint density at radius 1 is 0.444 bits per heavy atom. The topological polar surface area (TPSA) is 15.7 Å². The van der Waals surface area contributed by atoms with Crippen LogP contribution in [0.25, 0.3) is 0 Å². The van der Waals surface area contributed by atoms with Crippen molar-refractivity contribution >= 4 is 34.1 Å². The van der Waals surface area contributed by atoms with E-state index >= 15 is 0 Å². The SMILES string of the molecule is COc1cc(N(c2ccccc2)c2ccccc2)cc(N(c2ccccc2C)c2ccccc2C)c1. The van der Waals surface area contributed by atoms with E-state index in [1.54, 1.807) is 7.11 Å². The molecule has 0 atom stereocenters. The molecule has 0 fully saturated rings. The van der Waals surface area contributed by atoms with Gasteiger partial charge >= 0.3 is 0 Å². The Balaban J connectivity index is 1.75. The number of benzene rings is 5. The van der Waals surface area contributed by atoms with Crippen molar-refractivity contribution < 1.29 is 4.74 Å². The van der Waals surface area contributed by atoms with Gasteiger partial charge in [0.25, 0.3) is 0 Å². The maximum Gasteiger partial charge on any atom is 0.123 e. The first kappa shape index (κ1) is 23.3. The zero-order valence-corrected chi connectivity index (χ0v) is 20.9. The molecule has 0 saturated carbocycles. The molecule has 36 heavy (non-hydrogen) atoms. The second-order valence-corrected chi connectivity index (χ2v) is 8.80. The van der Waals surface area contributed by atoms with Crippen LogP contribution in [0.5, 0.6) is 5.75 Å². The van der Waals surface area contributed by atoms with Crippen LogP contribution >= 0.6 is 0 Å². The van der Waals surface area contributed by atoms with Gasteiger partial charge in [-0.2, -0.15) is 0 Å². The summed E-state index contributed by atoms with van der Waals surface area (Å²) in [6.07, 6.45) is 0. The Hall–Kier alpha value is -4.50. The average Bonchev–Trinajstić information content (AvgIpc) is 2.92. The zero-order chi connectivity index (χ0) is 24.9. The van der Waals surface area contributed by atoms with Crippen LogP contribution in [0.1, 0.15) is 11.1 Å². The molecular formula is C33H30N2O. The summed E-state index contributed by atoms with van der Waals surface area (Å²) in [4.78, 5) is 4.59. The van der Waals surface area contributed by atoms with E-state index in [2.05, 4.69) is 139 Å². The van der Waals surface area contributed by atoms with Crippen molar-refractivity contribution in [2.75, 3.05) is 16.9 Å². The molecule has 5 rings (SSSR count). The quantitative estimate of drug-likeness (QED) is 0.236. The molecule has 0 aliphatic heterocycles. The molecule has 0 amide bonds. The number of ether oxygens (including phenoxy) is 1. The normalized spacial score (nSPS) is 10.6. The van der Waals surface area contributed by atoms with Crippen molar-refractivity contribution in [2.45, 2.75) is 13.8 Å². The Morgan fingerprint density at radius 3 is 1.31 bits per heavy atom. The number of hydrogen-bond donors (Lipinski definition) is 0. The maximum absolute atomic E-state index is 5.85. The minimum Gasteiger partial charge on any atom is -0.497 e. The summed E-state index contributed by atoms with van der Waals surface area (Å²) in [5.41, 5.74) is 8.90. The lowest BCUT2D eigenvalue weighted by molar-refractivity contribution is 0.415. The van der Waals surface area contributed by atoms with Crippen molar-refractivity contribution in [2.24, 2.45) is 0 Å². The van der Waals surface area contributed by atoms with Gasteiger partial charge in [-0.05, 0) is 67.4 Å². The van der Waals surface area contributed by atoms with Crippen molar-refractivity contribution in [3.63, 3.8) is 0 Å². The predicted octanol–water partition coefficient (Wildman–Crippen LogP) is 9.25. The smallest absolute Gasteiger partial charge is 0.123 e. The van der Waals surface area contributed by atoms with E-state index in [4.69, 9.17) is 4.74 Å². The summed E-state index contributed by atoms with van der Waals surface area (Å²) < 4.78 is 5.85. The minimum absolute atomic E-state index is 0.798. The monoisotopic (exact) mass is 470 g/mol. The summed E-state index contributed by atoms with van der Waals surface area (Å²) in [7, 11) is 1.73. The number of hydrogen-bond acceptors (Lipinski definition) is 3. The van der Waals surface area contributed by atoms with E-state index in [0.717, 1.165) is 39.9 Å². The fourth-order valence-corrected chi connectivity index (χ4v) is 4.58. The molecule has 0 aromatic heterocycles. The third-order valence-electron chi connectivity index (χ3n) is 6.37. The lowest BCUT2D eigenvalue weighted by Crippen LogP contribution is -2.15. The second-order valence-electron chi connectivity index (χ2n) is 8.80. The molecule has 3 nitrogen and oxygen atoms in total. The molecule has 0 saturated heterocycles. The molecule has 0 N–H and O–H groups in total. The molecule has 5 aromatic carbocycles. The molecule has 0 heterocycles. The van der Waals surface area contributed by atoms with Gasteiger partial charge in [0.1, 0.15) is 5.75 Å². The van der Waals surface area contributed by atoms with Crippen LogP contribution in [0.15, 0.2) is 127 Å². The summed E-state index contributed by atoms with van der Waals surface area (Å²) in [6, 6.07) is 44.3. The molecular weight excluding hydrogens is 440 g/mol. The predicted molar refractivity (Wildman–Crippen MR) is 152 cm³/mol. The van der Waals surface area contributed by atoms with Crippen molar-refractivity contribution in [1.29, 1.82) is 0 Å². The van der Waals surface area contributed by atoms with Gasteiger partial charge in [0.15, 0.2) is 0 Å². The Bertz CT molecular complexity index is 1360. The van der Waals surface area contributed by atoms with Crippen LogP contribution in [0.3, 0.4) is 0 Å². The highest BCUT2D eigenvalue weighted by Gasteiger charge is 2.20. The summed E-state index contributed by atoms with van der Waals surface area (Å²) in [6.45, 7) is 4.31. The molecule has 3 heteroatoms. The molecule has 0 bridgehead atoms. The Labute approximate surface area is 213 Å². The third kappa shape index (κ3) is 4.69. The Kier molecular flexibility index (Phi) is 6.72. The highest BCUT2D eigenvalue weighted by atomic mass is 16.5. The van der Waals surface area contributed by atoms with Gasteiger partial charge in [-0.3, -0.25) is 0 Å². The summed E-state index contributed by atoms with van der Waals surface area (Å²) in [5, 5.41) is 0. The van der Waals surface area contributed by atoms with Gasteiger partial charge in [-0.15, -0.1) is 0 Å². The maximum atomic E-state index is 5.85. The lowest BCUT2D eigenvalue weighted by atomic mass is 10.1. The minimum atomic E-state index is 0.798. The van der Waals surface area contributed by atoms with Gasteiger partial charge in [0.05, 0.1) is 18.5 Å². The van der Waals surface area contributed by atoms with Crippen molar-refractivity contribution in [1.82, 2.24) is 0 Å². The van der Waals surface area contributed by atoms with Gasteiger partial charge in [-0.25, -0.2) is 0 Å². The average molecular weight is 471 g/mol. The van der Waals surface area contributed by atoms with Crippen LogP contribution in [-0.4, -0.2) is 7.11 Å². The molecule has 0 spiro atoms. The van der Waals surface area contributed by atoms with E-state index in [0.29, 0.717) is 0 Å². The third-order valence-corrected chi connectivity index (χ3v) is 6.37. The number of anilines is 6. The van der Waals surface area contributed by atoms with E-state index in [9.17, 15) is 0 Å². The van der Waals surface area contributed by atoms with Crippen LogP contribution < -0.4 is 14.5 Å². The molecule has 0 radical (unpaired) electrons. The van der Waals surface area contributed by atoms with Gasteiger partial charge in [0.2, 0.25) is 0 Å². The second kappa shape index (κ2) is 10.4. The number of methoxy groups -OCH3 is 1. The Morgan fingerprint density at radius 2 is 0.861 bits per heavy atom. The van der Waals surface area contributed by atoms with E-state index in [-0.39, 0.29) is 0 Å².